The Morgan fingerprint density at radius 1 is 1.67 bits per heavy atom. The van der Waals surface area contributed by atoms with Crippen LogP contribution in [0.1, 0.15) is 12.8 Å². The van der Waals surface area contributed by atoms with E-state index in [-0.39, 0.29) is 5.83 Å². The first-order valence-electron chi connectivity index (χ1n) is 2.62. The van der Waals surface area contributed by atoms with Gasteiger partial charge in [-0.3, -0.25) is 0 Å². The molecule has 0 aromatic carbocycles. The van der Waals surface area contributed by atoms with Crippen LogP contribution < -0.4 is 0 Å². The van der Waals surface area contributed by atoms with Crippen molar-refractivity contribution in [1.29, 1.82) is 0 Å². The summed E-state index contributed by atoms with van der Waals surface area (Å²) in [6.07, 6.45) is 3.23. The predicted octanol–water partition coefficient (Wildman–Crippen LogP) is 3.48. The number of halogens is 3. The normalized spacial score (nSPS) is 20.1. The topological polar surface area (TPSA) is 0 Å². The highest BCUT2D eigenvalue weighted by Crippen LogP contribution is 2.31. The molecule has 0 saturated heterocycles. The molecule has 0 bridgehead atoms. The fourth-order valence-electron chi connectivity index (χ4n) is 0.655. The van der Waals surface area contributed by atoms with E-state index in [0.29, 0.717) is 15.9 Å². The summed E-state index contributed by atoms with van der Waals surface area (Å²) in [4.78, 5) is 0. The Labute approximate surface area is 66.5 Å². The molecule has 0 aromatic rings. The number of hydrogen-bond donors (Lipinski definition) is 0. The third kappa shape index (κ3) is 1.55. The summed E-state index contributed by atoms with van der Waals surface area (Å²) in [5.74, 6) is -0.317. The Morgan fingerprint density at radius 3 is 2.78 bits per heavy atom. The molecule has 0 unspecified atom stereocenters. The number of rotatable bonds is 0. The van der Waals surface area contributed by atoms with Crippen molar-refractivity contribution in [3.05, 3.63) is 21.4 Å². The average Bonchev–Trinajstić information content (AvgIpc) is 1.83. The van der Waals surface area contributed by atoms with Crippen molar-refractivity contribution in [2.24, 2.45) is 0 Å². The number of allylic oxidation sites excluding steroid dienone is 4. The van der Waals surface area contributed by atoms with Gasteiger partial charge in [-0.2, -0.15) is 0 Å². The van der Waals surface area contributed by atoms with Crippen molar-refractivity contribution in [3.8, 4) is 0 Å². The van der Waals surface area contributed by atoms with Crippen LogP contribution in [0, 0.1) is 0 Å². The standard InChI is InChI=1S/C6H5BrClF/c7-4-2-1-3-5(8)6(4)9/h2H,1,3H2. The molecule has 0 radical (unpaired) electrons. The van der Waals surface area contributed by atoms with Gasteiger partial charge in [-0.1, -0.05) is 17.7 Å². The van der Waals surface area contributed by atoms with Gasteiger partial charge in [-0.25, -0.2) is 4.39 Å². The summed E-state index contributed by atoms with van der Waals surface area (Å²) in [7, 11) is 0. The molecular weight excluding hydrogens is 206 g/mol. The summed E-state index contributed by atoms with van der Waals surface area (Å²) in [6.45, 7) is 0. The van der Waals surface area contributed by atoms with Crippen LogP contribution in [-0.4, -0.2) is 0 Å². The first-order chi connectivity index (χ1) is 4.22. The van der Waals surface area contributed by atoms with Crippen molar-refractivity contribution in [3.63, 3.8) is 0 Å². The maximum absolute atomic E-state index is 12.6. The Kier molecular flexibility index (Phi) is 2.30. The molecule has 0 spiro atoms. The zero-order valence-corrected chi connectivity index (χ0v) is 6.97. The van der Waals surface area contributed by atoms with Crippen molar-refractivity contribution >= 4 is 27.5 Å². The van der Waals surface area contributed by atoms with Gasteiger partial charge in [0.25, 0.3) is 0 Å². The van der Waals surface area contributed by atoms with E-state index >= 15 is 0 Å². The van der Waals surface area contributed by atoms with E-state index in [0.717, 1.165) is 6.42 Å². The third-order valence-corrected chi connectivity index (χ3v) is 2.16. The van der Waals surface area contributed by atoms with Crippen molar-refractivity contribution in [2.45, 2.75) is 12.8 Å². The molecule has 1 rings (SSSR count). The third-order valence-electron chi connectivity index (χ3n) is 1.14. The van der Waals surface area contributed by atoms with Crippen molar-refractivity contribution < 1.29 is 4.39 Å². The SMILES string of the molecule is FC1=C(Cl)CCC=C1Br. The van der Waals surface area contributed by atoms with E-state index in [1.165, 1.54) is 0 Å². The van der Waals surface area contributed by atoms with Crippen LogP contribution in [-0.2, 0) is 0 Å². The smallest absolute Gasteiger partial charge is 0.151 e. The molecule has 3 heteroatoms. The van der Waals surface area contributed by atoms with Gasteiger partial charge in [0.15, 0.2) is 5.83 Å². The minimum atomic E-state index is -0.317. The summed E-state index contributed by atoms with van der Waals surface area (Å²) >= 11 is 8.53. The van der Waals surface area contributed by atoms with Crippen LogP contribution in [0.5, 0.6) is 0 Å². The summed E-state index contributed by atoms with van der Waals surface area (Å²) in [5, 5.41) is 0.323. The molecule has 0 N–H and O–H groups in total. The summed E-state index contributed by atoms with van der Waals surface area (Å²) in [6, 6.07) is 0. The van der Waals surface area contributed by atoms with Gasteiger partial charge in [0, 0.05) is 0 Å². The second-order valence-electron chi connectivity index (χ2n) is 1.81. The Hall–Kier alpha value is 0.180. The van der Waals surface area contributed by atoms with E-state index in [2.05, 4.69) is 15.9 Å². The molecule has 1 aliphatic rings. The molecule has 0 nitrogen and oxygen atoms in total. The molecule has 9 heavy (non-hydrogen) atoms. The van der Waals surface area contributed by atoms with Crippen LogP contribution in [0.3, 0.4) is 0 Å². The fraction of sp³-hybridized carbons (Fsp3) is 0.333. The van der Waals surface area contributed by atoms with Gasteiger partial charge >= 0.3 is 0 Å². The Morgan fingerprint density at radius 2 is 2.33 bits per heavy atom. The first kappa shape index (κ1) is 7.29. The van der Waals surface area contributed by atoms with E-state index < -0.39 is 0 Å². The highest BCUT2D eigenvalue weighted by molar-refractivity contribution is 9.11. The van der Waals surface area contributed by atoms with Crippen LogP contribution in [0.2, 0.25) is 0 Å². The second-order valence-corrected chi connectivity index (χ2v) is 3.12. The zero-order chi connectivity index (χ0) is 6.85. The molecule has 0 atom stereocenters. The van der Waals surface area contributed by atoms with Crippen LogP contribution >= 0.6 is 27.5 Å². The maximum Gasteiger partial charge on any atom is 0.151 e. The lowest BCUT2D eigenvalue weighted by Crippen LogP contribution is -1.87. The molecular formula is C6H5BrClF. The molecule has 0 saturated carbocycles. The van der Waals surface area contributed by atoms with Crippen molar-refractivity contribution in [2.75, 3.05) is 0 Å². The van der Waals surface area contributed by atoms with E-state index in [1.807, 2.05) is 0 Å². The average molecular weight is 211 g/mol. The molecule has 1 aliphatic carbocycles. The van der Waals surface area contributed by atoms with Crippen molar-refractivity contribution in [1.82, 2.24) is 0 Å². The lowest BCUT2D eigenvalue weighted by Gasteiger charge is -2.05. The Balaban J connectivity index is 2.88. The van der Waals surface area contributed by atoms with Gasteiger partial charge in [0.05, 0.1) is 9.51 Å². The second kappa shape index (κ2) is 2.84. The van der Waals surface area contributed by atoms with E-state index in [4.69, 9.17) is 11.6 Å². The highest BCUT2D eigenvalue weighted by atomic mass is 79.9. The molecule has 50 valence electrons. The van der Waals surface area contributed by atoms with Gasteiger partial charge in [-0.15, -0.1) is 0 Å². The predicted molar refractivity (Wildman–Crippen MR) is 40.2 cm³/mol. The molecule has 0 heterocycles. The number of hydrogen-bond acceptors (Lipinski definition) is 0. The molecule has 0 fully saturated rings. The summed E-state index contributed by atoms with van der Waals surface area (Å²) < 4.78 is 13.1. The van der Waals surface area contributed by atoms with Crippen LogP contribution in [0.15, 0.2) is 21.4 Å². The van der Waals surface area contributed by atoms with Gasteiger partial charge < -0.3 is 0 Å². The van der Waals surface area contributed by atoms with Crippen LogP contribution in [0.4, 0.5) is 4.39 Å². The molecule has 0 aliphatic heterocycles. The minimum Gasteiger partial charge on any atom is -0.204 e. The van der Waals surface area contributed by atoms with E-state index in [9.17, 15) is 4.39 Å². The largest absolute Gasteiger partial charge is 0.204 e. The lowest BCUT2D eigenvalue weighted by molar-refractivity contribution is 0.644. The Bertz CT molecular complexity index is 183. The first-order valence-corrected chi connectivity index (χ1v) is 3.79. The van der Waals surface area contributed by atoms with Crippen LogP contribution in [0.25, 0.3) is 0 Å². The van der Waals surface area contributed by atoms with Gasteiger partial charge in [0.1, 0.15) is 0 Å². The van der Waals surface area contributed by atoms with Gasteiger partial charge in [-0.05, 0) is 28.8 Å². The quantitative estimate of drug-likeness (QED) is 0.575. The van der Waals surface area contributed by atoms with E-state index in [1.54, 1.807) is 6.08 Å². The maximum atomic E-state index is 12.6. The highest BCUT2D eigenvalue weighted by Gasteiger charge is 2.10. The molecule has 0 amide bonds. The lowest BCUT2D eigenvalue weighted by atomic mass is 10.2. The molecule has 0 aromatic heterocycles. The zero-order valence-electron chi connectivity index (χ0n) is 4.63. The van der Waals surface area contributed by atoms with Gasteiger partial charge in [0.2, 0.25) is 0 Å². The fourth-order valence-corrected chi connectivity index (χ4v) is 1.45. The monoisotopic (exact) mass is 210 g/mol. The summed E-state index contributed by atoms with van der Waals surface area (Å²) in [5.41, 5.74) is 0. The minimum absolute atomic E-state index is 0.317.